The highest BCUT2D eigenvalue weighted by atomic mass is 16.6. The lowest BCUT2D eigenvalue weighted by Crippen LogP contribution is -2.36. The maximum Gasteiger partial charge on any atom is 0.410 e. The summed E-state index contributed by atoms with van der Waals surface area (Å²) in [7, 11) is 1.42. The molecule has 0 aliphatic carbocycles. The average molecular weight is 338 g/mol. The van der Waals surface area contributed by atoms with Crippen LogP contribution in [0.3, 0.4) is 0 Å². The van der Waals surface area contributed by atoms with Gasteiger partial charge >= 0.3 is 6.09 Å². The first kappa shape index (κ1) is 17.8. The number of hydrogen-bond acceptors (Lipinski definition) is 6. The molecule has 1 amide bonds. The lowest BCUT2D eigenvalue weighted by molar-refractivity contribution is -0.385. The van der Waals surface area contributed by atoms with Gasteiger partial charge in [-0.2, -0.15) is 0 Å². The Labute approximate surface area is 140 Å². The second-order valence-corrected chi connectivity index (χ2v) is 6.55. The Morgan fingerprint density at radius 2 is 2.04 bits per heavy atom. The lowest BCUT2D eigenvalue weighted by Gasteiger charge is -2.24. The zero-order valence-corrected chi connectivity index (χ0v) is 14.3. The number of hydrogen-bond donors (Lipinski definition) is 0. The first-order valence-corrected chi connectivity index (χ1v) is 7.66. The topological polar surface area (TPSA) is 91.1 Å². The van der Waals surface area contributed by atoms with Crippen LogP contribution in [-0.4, -0.2) is 47.8 Å². The van der Waals surface area contributed by atoms with Crippen LogP contribution in [0.15, 0.2) is 18.2 Å². The Hall–Kier alpha value is -2.51. The highest BCUT2D eigenvalue weighted by Crippen LogP contribution is 2.33. The number of benzene rings is 1. The van der Waals surface area contributed by atoms with Crippen LogP contribution in [0.1, 0.15) is 27.2 Å². The molecule has 1 aromatic rings. The van der Waals surface area contributed by atoms with Crippen LogP contribution in [0.25, 0.3) is 0 Å². The predicted molar refractivity (Wildman–Crippen MR) is 86.5 cm³/mol. The number of nitrogens with zero attached hydrogens (tertiary/aromatic N) is 2. The number of methoxy groups -OCH3 is 1. The average Bonchev–Trinajstić information content (AvgIpc) is 2.94. The van der Waals surface area contributed by atoms with Gasteiger partial charge in [0.1, 0.15) is 11.7 Å². The molecule has 1 aliphatic rings. The summed E-state index contributed by atoms with van der Waals surface area (Å²) in [6, 6.07) is 4.18. The van der Waals surface area contributed by atoms with Crippen LogP contribution < -0.4 is 9.47 Å². The normalized spacial score (nSPS) is 17.5. The quantitative estimate of drug-likeness (QED) is 0.619. The minimum absolute atomic E-state index is 0.0685. The maximum atomic E-state index is 12.1. The van der Waals surface area contributed by atoms with Gasteiger partial charge in [-0.05, 0) is 26.8 Å². The van der Waals surface area contributed by atoms with Gasteiger partial charge in [0.2, 0.25) is 0 Å². The highest BCUT2D eigenvalue weighted by Gasteiger charge is 2.31. The first-order valence-electron chi connectivity index (χ1n) is 7.66. The highest BCUT2D eigenvalue weighted by molar-refractivity contribution is 5.68. The second-order valence-electron chi connectivity index (χ2n) is 6.55. The van der Waals surface area contributed by atoms with E-state index in [2.05, 4.69) is 0 Å². The molecule has 1 fully saturated rings. The molecule has 0 aromatic heterocycles. The monoisotopic (exact) mass is 338 g/mol. The fraction of sp³-hybridized carbons (Fsp3) is 0.562. The van der Waals surface area contributed by atoms with Crippen molar-refractivity contribution in [1.82, 2.24) is 4.90 Å². The molecule has 1 aromatic carbocycles. The largest absolute Gasteiger partial charge is 0.493 e. The number of nitro benzene ring substituents is 1. The number of non-ortho nitro benzene ring substituents is 1. The summed E-state index contributed by atoms with van der Waals surface area (Å²) < 4.78 is 16.3. The molecule has 132 valence electrons. The molecule has 1 heterocycles. The van der Waals surface area contributed by atoms with E-state index in [-0.39, 0.29) is 17.9 Å². The molecule has 1 unspecified atom stereocenters. The number of amides is 1. The molecule has 0 saturated carbocycles. The van der Waals surface area contributed by atoms with Crippen LogP contribution in [0.4, 0.5) is 10.5 Å². The van der Waals surface area contributed by atoms with E-state index < -0.39 is 10.5 Å². The Morgan fingerprint density at radius 3 is 2.62 bits per heavy atom. The van der Waals surface area contributed by atoms with Crippen molar-refractivity contribution in [2.45, 2.75) is 38.9 Å². The van der Waals surface area contributed by atoms with Gasteiger partial charge in [0.25, 0.3) is 5.69 Å². The van der Waals surface area contributed by atoms with Gasteiger partial charge in [0, 0.05) is 19.0 Å². The van der Waals surface area contributed by atoms with Gasteiger partial charge in [0.05, 0.1) is 24.6 Å². The standard InChI is InChI=1S/C16H22N2O6/c1-16(2,3)24-15(19)17-8-7-12(10-17)23-13-6-5-11(18(20)21)9-14(13)22-4/h5-6,9,12H,7-8,10H2,1-4H3. The SMILES string of the molecule is COc1cc([N+](=O)[O-])ccc1OC1CCN(C(=O)OC(C)(C)C)C1. The van der Waals surface area contributed by atoms with Gasteiger partial charge in [-0.15, -0.1) is 0 Å². The lowest BCUT2D eigenvalue weighted by atomic mass is 10.2. The molecule has 8 nitrogen and oxygen atoms in total. The van der Waals surface area contributed by atoms with Crippen LogP contribution in [-0.2, 0) is 4.74 Å². The Kier molecular flexibility index (Phi) is 5.16. The van der Waals surface area contributed by atoms with Crippen molar-refractivity contribution in [2.75, 3.05) is 20.2 Å². The summed E-state index contributed by atoms with van der Waals surface area (Å²) in [5.41, 5.74) is -0.613. The zero-order valence-electron chi connectivity index (χ0n) is 14.3. The summed E-state index contributed by atoms with van der Waals surface area (Å²) >= 11 is 0. The van der Waals surface area contributed by atoms with E-state index in [4.69, 9.17) is 14.2 Å². The Bertz CT molecular complexity index is 625. The van der Waals surface area contributed by atoms with Crippen molar-refractivity contribution in [2.24, 2.45) is 0 Å². The molecular formula is C16H22N2O6. The van der Waals surface area contributed by atoms with Gasteiger partial charge in [-0.25, -0.2) is 4.79 Å². The minimum Gasteiger partial charge on any atom is -0.493 e. The summed E-state index contributed by atoms with van der Waals surface area (Å²) in [5, 5.41) is 10.8. The molecule has 0 bridgehead atoms. The molecule has 1 aliphatic heterocycles. The van der Waals surface area contributed by atoms with Crippen molar-refractivity contribution in [3.05, 3.63) is 28.3 Å². The first-order chi connectivity index (χ1) is 11.2. The molecule has 1 saturated heterocycles. The number of likely N-dealkylation sites (tertiary alicyclic amines) is 1. The molecule has 1 atom stereocenters. The van der Waals surface area contributed by atoms with Gasteiger partial charge < -0.3 is 19.1 Å². The van der Waals surface area contributed by atoms with Crippen molar-refractivity contribution < 1.29 is 23.9 Å². The van der Waals surface area contributed by atoms with Crippen LogP contribution in [0.5, 0.6) is 11.5 Å². The van der Waals surface area contributed by atoms with Crippen LogP contribution >= 0.6 is 0 Å². The summed E-state index contributed by atoms with van der Waals surface area (Å²) in [6.45, 7) is 6.38. The fourth-order valence-electron chi connectivity index (χ4n) is 2.36. The predicted octanol–water partition coefficient (Wildman–Crippen LogP) is 2.99. The summed E-state index contributed by atoms with van der Waals surface area (Å²) in [6.07, 6.45) is 0.0662. The number of nitro groups is 1. The number of rotatable bonds is 4. The van der Waals surface area contributed by atoms with E-state index in [1.54, 1.807) is 4.90 Å². The van der Waals surface area contributed by atoms with E-state index in [0.717, 1.165) is 0 Å². The minimum atomic E-state index is -0.544. The number of ether oxygens (including phenoxy) is 3. The van der Waals surface area contributed by atoms with Gasteiger partial charge in [0.15, 0.2) is 11.5 Å². The maximum absolute atomic E-state index is 12.1. The molecule has 24 heavy (non-hydrogen) atoms. The number of carbonyl (C=O) groups excluding carboxylic acids is 1. The van der Waals surface area contributed by atoms with E-state index in [9.17, 15) is 14.9 Å². The van der Waals surface area contributed by atoms with Crippen molar-refractivity contribution in [3.8, 4) is 11.5 Å². The molecular weight excluding hydrogens is 316 g/mol. The van der Waals surface area contributed by atoms with Crippen LogP contribution in [0, 0.1) is 10.1 Å². The third-order valence-electron chi connectivity index (χ3n) is 3.45. The Morgan fingerprint density at radius 1 is 1.33 bits per heavy atom. The van der Waals surface area contributed by atoms with Crippen molar-refractivity contribution in [1.29, 1.82) is 0 Å². The van der Waals surface area contributed by atoms with Gasteiger partial charge in [-0.1, -0.05) is 0 Å². The summed E-state index contributed by atoms with van der Waals surface area (Å²) in [4.78, 5) is 24.0. The molecule has 0 spiro atoms. The zero-order chi connectivity index (χ0) is 17.9. The van der Waals surface area contributed by atoms with Crippen molar-refractivity contribution in [3.63, 3.8) is 0 Å². The summed E-state index contributed by atoms with van der Waals surface area (Å²) in [5.74, 6) is 0.707. The van der Waals surface area contributed by atoms with Crippen LogP contribution in [0.2, 0.25) is 0 Å². The molecule has 0 N–H and O–H groups in total. The molecule has 8 heteroatoms. The third kappa shape index (κ3) is 4.50. The fourth-order valence-corrected chi connectivity index (χ4v) is 2.36. The van der Waals surface area contributed by atoms with E-state index in [0.29, 0.717) is 31.0 Å². The third-order valence-corrected chi connectivity index (χ3v) is 3.45. The molecule has 0 radical (unpaired) electrons. The second kappa shape index (κ2) is 6.94. The smallest absolute Gasteiger partial charge is 0.410 e. The van der Waals surface area contributed by atoms with E-state index in [1.807, 2.05) is 20.8 Å². The van der Waals surface area contributed by atoms with Gasteiger partial charge in [-0.3, -0.25) is 10.1 Å². The molecule has 2 rings (SSSR count). The number of carbonyl (C=O) groups is 1. The van der Waals surface area contributed by atoms with E-state index >= 15 is 0 Å². The van der Waals surface area contributed by atoms with Crippen molar-refractivity contribution >= 4 is 11.8 Å². The Balaban J connectivity index is 2.00. The van der Waals surface area contributed by atoms with E-state index in [1.165, 1.54) is 25.3 Å².